The van der Waals surface area contributed by atoms with E-state index in [1.54, 1.807) is 12.3 Å². The second-order valence-corrected chi connectivity index (χ2v) is 8.95. The Morgan fingerprint density at radius 1 is 1.23 bits per heavy atom. The highest BCUT2D eigenvalue weighted by Crippen LogP contribution is 2.26. The van der Waals surface area contributed by atoms with Crippen molar-refractivity contribution in [3.05, 3.63) is 70.4 Å². The SMILES string of the molecule is COCC[n+]1c(N)c(S(=O)(=O)c2ccc(F)cc2)cc2c(=O)n3cccc(C)c3nc21. The van der Waals surface area contributed by atoms with Crippen LogP contribution in [-0.4, -0.2) is 31.5 Å². The third-order valence-electron chi connectivity index (χ3n) is 5.07. The first kappa shape index (κ1) is 20.9. The van der Waals surface area contributed by atoms with Crippen LogP contribution in [0.2, 0.25) is 0 Å². The van der Waals surface area contributed by atoms with Gasteiger partial charge in [-0.1, -0.05) is 11.1 Å². The van der Waals surface area contributed by atoms with Crippen LogP contribution < -0.4 is 15.9 Å². The Labute approximate surface area is 177 Å². The summed E-state index contributed by atoms with van der Waals surface area (Å²) in [5.74, 6) is -0.649. The first-order chi connectivity index (χ1) is 14.8. The molecule has 0 aliphatic heterocycles. The van der Waals surface area contributed by atoms with Gasteiger partial charge in [-0.05, 0) is 43.3 Å². The number of anilines is 1. The molecule has 0 amide bonds. The van der Waals surface area contributed by atoms with Crippen LogP contribution in [0, 0.1) is 12.7 Å². The first-order valence-corrected chi connectivity index (χ1v) is 10.9. The van der Waals surface area contributed by atoms with Crippen molar-refractivity contribution in [2.24, 2.45) is 0 Å². The fourth-order valence-electron chi connectivity index (χ4n) is 3.45. The van der Waals surface area contributed by atoms with Crippen molar-refractivity contribution in [2.45, 2.75) is 23.3 Å². The molecule has 0 saturated heterocycles. The summed E-state index contributed by atoms with van der Waals surface area (Å²) in [5, 5.41) is 0.0917. The highest BCUT2D eigenvalue weighted by Gasteiger charge is 2.29. The zero-order valence-electron chi connectivity index (χ0n) is 16.9. The monoisotopic (exact) mass is 443 g/mol. The lowest BCUT2D eigenvalue weighted by atomic mass is 10.2. The Kier molecular flexibility index (Phi) is 5.19. The molecule has 0 fully saturated rings. The zero-order valence-corrected chi connectivity index (χ0v) is 17.7. The Bertz CT molecular complexity index is 1480. The van der Waals surface area contributed by atoms with Gasteiger partial charge in [0.2, 0.25) is 21.3 Å². The molecule has 0 bridgehead atoms. The largest absolute Gasteiger partial charge is 0.381 e. The van der Waals surface area contributed by atoms with E-state index in [1.807, 2.05) is 13.0 Å². The Hall–Kier alpha value is -3.37. The predicted molar refractivity (Wildman–Crippen MR) is 112 cm³/mol. The van der Waals surface area contributed by atoms with E-state index in [1.165, 1.54) is 22.1 Å². The molecule has 4 aromatic rings. The van der Waals surface area contributed by atoms with Gasteiger partial charge < -0.3 is 10.5 Å². The smallest absolute Gasteiger partial charge is 0.278 e. The van der Waals surface area contributed by atoms with E-state index in [9.17, 15) is 17.6 Å². The molecule has 2 N–H and O–H groups in total. The molecule has 0 spiro atoms. The molecular weight excluding hydrogens is 423 g/mol. The highest BCUT2D eigenvalue weighted by atomic mass is 32.2. The molecule has 10 heteroatoms. The van der Waals surface area contributed by atoms with Crippen LogP contribution in [0.4, 0.5) is 10.2 Å². The lowest BCUT2D eigenvalue weighted by Crippen LogP contribution is -2.43. The number of aromatic nitrogens is 3. The maximum Gasteiger partial charge on any atom is 0.278 e. The number of sulfone groups is 1. The average Bonchev–Trinajstić information content (AvgIpc) is 2.74. The average molecular weight is 443 g/mol. The van der Waals surface area contributed by atoms with Crippen molar-refractivity contribution in [3.63, 3.8) is 0 Å². The normalized spacial score (nSPS) is 12.0. The molecule has 8 nitrogen and oxygen atoms in total. The van der Waals surface area contributed by atoms with Gasteiger partial charge in [0.25, 0.3) is 11.2 Å². The van der Waals surface area contributed by atoms with Gasteiger partial charge in [0, 0.05) is 18.9 Å². The maximum atomic E-state index is 13.3. The standard InChI is InChI=1S/C21H19FN4O4S/c1-13-4-3-9-26-19(13)24-20-16(21(26)27)12-17(18(23)25(20)10-11-30-2)31(28,29)15-7-5-14(22)6-8-15/h3-9,12,23H,10-11H2,1-2H3/p+1. The van der Waals surface area contributed by atoms with Gasteiger partial charge >= 0.3 is 0 Å². The van der Waals surface area contributed by atoms with E-state index >= 15 is 0 Å². The van der Waals surface area contributed by atoms with Crippen LogP contribution in [0.5, 0.6) is 0 Å². The number of nitrogens with zero attached hydrogens (tertiary/aromatic N) is 3. The minimum Gasteiger partial charge on any atom is -0.381 e. The fraction of sp³-hybridized carbons (Fsp3) is 0.190. The first-order valence-electron chi connectivity index (χ1n) is 9.39. The summed E-state index contributed by atoms with van der Waals surface area (Å²) in [7, 11) is -2.63. The van der Waals surface area contributed by atoms with E-state index in [0.717, 1.165) is 29.8 Å². The molecule has 0 radical (unpaired) electrons. The number of methoxy groups -OCH3 is 1. The van der Waals surface area contributed by atoms with Crippen molar-refractivity contribution < 1.29 is 22.1 Å². The highest BCUT2D eigenvalue weighted by molar-refractivity contribution is 7.91. The van der Waals surface area contributed by atoms with Crippen LogP contribution in [0.15, 0.2) is 63.2 Å². The fourth-order valence-corrected chi connectivity index (χ4v) is 4.86. The minimum atomic E-state index is -4.13. The van der Waals surface area contributed by atoms with Crippen LogP contribution in [-0.2, 0) is 21.1 Å². The van der Waals surface area contributed by atoms with Crippen molar-refractivity contribution in [3.8, 4) is 0 Å². The van der Waals surface area contributed by atoms with Gasteiger partial charge in [0.1, 0.15) is 16.1 Å². The Morgan fingerprint density at radius 2 is 1.94 bits per heavy atom. The van der Waals surface area contributed by atoms with E-state index in [4.69, 9.17) is 10.5 Å². The lowest BCUT2D eigenvalue weighted by Gasteiger charge is -2.13. The summed E-state index contributed by atoms with van der Waals surface area (Å²) in [4.78, 5) is 17.4. The summed E-state index contributed by atoms with van der Waals surface area (Å²) in [5.41, 5.74) is 7.34. The van der Waals surface area contributed by atoms with Crippen LogP contribution in [0.1, 0.15) is 5.56 Å². The van der Waals surface area contributed by atoms with Crippen molar-refractivity contribution >= 4 is 32.3 Å². The number of fused-ring (bicyclic) bond motifs is 2. The topological polar surface area (TPSA) is 108 Å². The van der Waals surface area contributed by atoms with Crippen LogP contribution in [0.3, 0.4) is 0 Å². The van der Waals surface area contributed by atoms with Gasteiger partial charge in [-0.3, -0.25) is 9.20 Å². The second-order valence-electron chi connectivity index (χ2n) is 7.03. The van der Waals surface area contributed by atoms with E-state index in [2.05, 4.69) is 4.98 Å². The number of aryl methyl sites for hydroxylation is 1. The number of nitrogens with two attached hydrogens (primary N) is 1. The molecular formula is C21H20FN4O4S+. The predicted octanol–water partition coefficient (Wildman–Crippen LogP) is 1.64. The zero-order chi connectivity index (χ0) is 22.3. The Morgan fingerprint density at radius 3 is 2.61 bits per heavy atom. The third kappa shape index (κ3) is 3.43. The lowest BCUT2D eigenvalue weighted by molar-refractivity contribution is -0.662. The molecule has 0 atom stereocenters. The number of ether oxygens (including phenoxy) is 1. The molecule has 1 aromatic carbocycles. The van der Waals surface area contributed by atoms with Gasteiger partial charge in [-0.25, -0.2) is 17.4 Å². The number of rotatable bonds is 5. The number of benzene rings is 1. The van der Waals surface area contributed by atoms with Crippen molar-refractivity contribution in [1.29, 1.82) is 0 Å². The molecule has 0 aliphatic rings. The number of halogens is 1. The van der Waals surface area contributed by atoms with Gasteiger partial charge in [-0.2, -0.15) is 0 Å². The van der Waals surface area contributed by atoms with Crippen molar-refractivity contribution in [2.75, 3.05) is 19.5 Å². The molecule has 4 rings (SSSR count). The molecule has 3 aromatic heterocycles. The summed E-state index contributed by atoms with van der Waals surface area (Å²) >= 11 is 0. The molecule has 3 heterocycles. The summed E-state index contributed by atoms with van der Waals surface area (Å²) < 4.78 is 47.9. The molecule has 160 valence electrons. The molecule has 0 saturated carbocycles. The summed E-state index contributed by atoms with van der Waals surface area (Å²) in [6.45, 7) is 2.22. The third-order valence-corrected chi connectivity index (χ3v) is 6.87. The van der Waals surface area contributed by atoms with Crippen LogP contribution in [0.25, 0.3) is 16.7 Å². The molecule has 0 aliphatic carbocycles. The second kappa shape index (κ2) is 7.71. The summed E-state index contributed by atoms with van der Waals surface area (Å²) in [6, 6.07) is 9.18. The number of hydrogen-bond donors (Lipinski definition) is 1. The Balaban J connectivity index is 2.11. The van der Waals surface area contributed by atoms with E-state index in [0.29, 0.717) is 5.65 Å². The van der Waals surface area contributed by atoms with Gasteiger partial charge in [0.15, 0.2) is 0 Å². The number of pyridine rings is 2. The van der Waals surface area contributed by atoms with Crippen LogP contribution >= 0.6 is 0 Å². The minimum absolute atomic E-state index is 0.0845. The van der Waals surface area contributed by atoms with E-state index in [-0.39, 0.29) is 39.8 Å². The molecule has 31 heavy (non-hydrogen) atoms. The molecule has 0 unspecified atom stereocenters. The number of nitrogen functional groups attached to an aromatic ring is 1. The maximum absolute atomic E-state index is 13.3. The van der Waals surface area contributed by atoms with Gasteiger partial charge in [-0.15, -0.1) is 0 Å². The quantitative estimate of drug-likeness (QED) is 0.285. The summed E-state index contributed by atoms with van der Waals surface area (Å²) in [6.07, 6.45) is 1.57. The number of hydrogen-bond acceptors (Lipinski definition) is 6. The van der Waals surface area contributed by atoms with Gasteiger partial charge in [0.05, 0.1) is 18.0 Å². The van der Waals surface area contributed by atoms with Crippen molar-refractivity contribution in [1.82, 2.24) is 9.38 Å². The van der Waals surface area contributed by atoms with E-state index < -0.39 is 21.2 Å².